The molecule has 3 aromatic rings. The van der Waals surface area contributed by atoms with Crippen LogP contribution in [-0.4, -0.2) is 59.1 Å². The van der Waals surface area contributed by atoms with E-state index < -0.39 is 11.7 Å². The van der Waals surface area contributed by atoms with Crippen LogP contribution in [0.15, 0.2) is 59.1 Å². The third-order valence-electron chi connectivity index (χ3n) is 5.49. The minimum absolute atomic E-state index is 0.239. The summed E-state index contributed by atoms with van der Waals surface area (Å²) in [4.78, 5) is 20.7. The molecular weight excluding hydrogens is 449 g/mol. The summed E-state index contributed by atoms with van der Waals surface area (Å²) >= 11 is 0. The Kier molecular flexibility index (Phi) is 6.97. The second-order valence-electron chi connectivity index (χ2n) is 7.80. The number of methoxy groups -OCH3 is 1. The maximum absolute atomic E-state index is 12.8. The molecule has 0 bridgehead atoms. The summed E-state index contributed by atoms with van der Waals surface area (Å²) in [7, 11) is 1.60. The first-order chi connectivity index (χ1) is 16.3. The lowest BCUT2D eigenvalue weighted by Gasteiger charge is -2.33. The molecular formula is C24H23F3N4O3. The maximum atomic E-state index is 12.8. The molecule has 0 aliphatic carbocycles. The topological polar surface area (TPSA) is 71.7 Å². The Morgan fingerprint density at radius 3 is 2.53 bits per heavy atom. The molecule has 0 unspecified atom stereocenters. The summed E-state index contributed by atoms with van der Waals surface area (Å²) in [6, 6.07) is 12.2. The fourth-order valence-electron chi connectivity index (χ4n) is 3.59. The molecule has 1 amide bonds. The van der Waals surface area contributed by atoms with Crippen LogP contribution in [0.1, 0.15) is 17.0 Å². The van der Waals surface area contributed by atoms with Gasteiger partial charge in [-0.2, -0.15) is 18.2 Å². The molecule has 10 heteroatoms. The average Bonchev–Trinajstić information content (AvgIpc) is 3.31. The van der Waals surface area contributed by atoms with Gasteiger partial charge in [-0.1, -0.05) is 17.3 Å². The van der Waals surface area contributed by atoms with E-state index in [-0.39, 0.29) is 5.91 Å². The highest BCUT2D eigenvalue weighted by Crippen LogP contribution is 2.29. The zero-order valence-corrected chi connectivity index (χ0v) is 18.5. The first-order valence-electron chi connectivity index (χ1n) is 10.7. The molecule has 2 heterocycles. The lowest BCUT2D eigenvalue weighted by molar-refractivity contribution is -0.137. The van der Waals surface area contributed by atoms with Crippen molar-refractivity contribution in [3.8, 4) is 17.1 Å². The average molecular weight is 472 g/mol. The van der Waals surface area contributed by atoms with Gasteiger partial charge in [-0.15, -0.1) is 0 Å². The van der Waals surface area contributed by atoms with Crippen LogP contribution in [0.2, 0.25) is 0 Å². The smallest absolute Gasteiger partial charge is 0.416 e. The van der Waals surface area contributed by atoms with Crippen molar-refractivity contribution in [1.29, 1.82) is 0 Å². The largest absolute Gasteiger partial charge is 0.497 e. The number of rotatable bonds is 6. The van der Waals surface area contributed by atoms with Gasteiger partial charge < -0.3 is 14.2 Å². The van der Waals surface area contributed by atoms with Crippen LogP contribution >= 0.6 is 0 Å². The Hall–Kier alpha value is -3.66. The minimum atomic E-state index is -4.42. The molecule has 0 saturated carbocycles. The molecule has 178 valence electrons. The Balaban J connectivity index is 1.28. The SMILES string of the molecule is COc1ccc(-c2noc(CN3CCN(C(=O)/C=C/c4cccc(C(F)(F)F)c4)CC3)n2)cc1. The van der Waals surface area contributed by atoms with Gasteiger partial charge in [0, 0.05) is 37.8 Å². The summed E-state index contributed by atoms with van der Waals surface area (Å²) in [5.41, 5.74) is 0.400. The number of amides is 1. The van der Waals surface area contributed by atoms with Crippen LogP contribution in [0, 0.1) is 0 Å². The van der Waals surface area contributed by atoms with Gasteiger partial charge in [0.05, 0.1) is 19.2 Å². The summed E-state index contributed by atoms with van der Waals surface area (Å²) in [6.45, 7) is 2.68. The van der Waals surface area contributed by atoms with E-state index in [4.69, 9.17) is 9.26 Å². The van der Waals surface area contributed by atoms with Gasteiger partial charge in [-0.25, -0.2) is 0 Å². The van der Waals surface area contributed by atoms with Crippen molar-refractivity contribution in [2.45, 2.75) is 12.7 Å². The molecule has 1 saturated heterocycles. The van der Waals surface area contributed by atoms with Crippen LogP contribution in [0.3, 0.4) is 0 Å². The standard InChI is InChI=1S/C24H23F3N4O3/c1-33-20-8-6-18(7-9-20)23-28-21(34-29-23)16-30-11-13-31(14-12-30)22(32)10-5-17-3-2-4-19(15-17)24(25,26)27/h2-10,15H,11-14,16H2,1H3/b10-5+. The first-order valence-corrected chi connectivity index (χ1v) is 10.7. The molecule has 1 fully saturated rings. The second kappa shape index (κ2) is 10.1. The van der Waals surface area contributed by atoms with Crippen LogP contribution in [0.5, 0.6) is 5.75 Å². The molecule has 34 heavy (non-hydrogen) atoms. The molecule has 1 aromatic heterocycles. The molecule has 1 aliphatic heterocycles. The Bertz CT molecular complexity index is 1150. The van der Waals surface area contributed by atoms with E-state index in [9.17, 15) is 18.0 Å². The number of nitrogens with zero attached hydrogens (tertiary/aromatic N) is 4. The van der Waals surface area contributed by atoms with Crippen LogP contribution in [0.4, 0.5) is 13.2 Å². The van der Waals surface area contributed by atoms with Gasteiger partial charge in [0.1, 0.15) is 5.75 Å². The van der Waals surface area contributed by atoms with Crippen molar-refractivity contribution in [2.75, 3.05) is 33.3 Å². The van der Waals surface area contributed by atoms with Gasteiger partial charge in [0.25, 0.3) is 0 Å². The fraction of sp³-hybridized carbons (Fsp3) is 0.292. The van der Waals surface area contributed by atoms with Gasteiger partial charge in [-0.05, 0) is 48.0 Å². The van der Waals surface area contributed by atoms with E-state index in [1.54, 1.807) is 12.0 Å². The zero-order valence-electron chi connectivity index (χ0n) is 18.5. The molecule has 0 atom stereocenters. The molecule has 0 spiro atoms. The van der Waals surface area contributed by atoms with Crippen molar-refractivity contribution in [3.05, 3.63) is 71.6 Å². The number of carbonyl (C=O) groups is 1. The number of alkyl halides is 3. The van der Waals surface area contributed by atoms with Crippen LogP contribution < -0.4 is 4.74 Å². The molecule has 0 N–H and O–H groups in total. The number of aromatic nitrogens is 2. The Morgan fingerprint density at radius 2 is 1.85 bits per heavy atom. The zero-order chi connectivity index (χ0) is 24.1. The van der Waals surface area contributed by atoms with Crippen LogP contribution in [-0.2, 0) is 17.5 Å². The lowest BCUT2D eigenvalue weighted by Crippen LogP contribution is -2.47. The Labute approximate surface area is 194 Å². The monoisotopic (exact) mass is 472 g/mol. The number of hydrogen-bond acceptors (Lipinski definition) is 6. The predicted octanol–water partition coefficient (Wildman–Crippen LogP) is 4.12. The van der Waals surface area contributed by atoms with Crippen molar-refractivity contribution >= 4 is 12.0 Å². The van der Waals surface area contributed by atoms with Gasteiger partial charge in [0.2, 0.25) is 17.6 Å². The van der Waals surface area contributed by atoms with Gasteiger partial charge >= 0.3 is 6.18 Å². The second-order valence-corrected chi connectivity index (χ2v) is 7.80. The highest BCUT2D eigenvalue weighted by molar-refractivity contribution is 5.91. The van der Waals surface area contributed by atoms with E-state index in [0.717, 1.165) is 23.4 Å². The van der Waals surface area contributed by atoms with E-state index >= 15 is 0 Å². The van der Waals surface area contributed by atoms with Gasteiger partial charge in [0.15, 0.2) is 0 Å². The molecule has 2 aromatic carbocycles. The van der Waals surface area contributed by atoms with Crippen molar-refractivity contribution in [3.63, 3.8) is 0 Å². The van der Waals surface area contributed by atoms with Crippen molar-refractivity contribution in [2.24, 2.45) is 0 Å². The number of piperazine rings is 1. The molecule has 1 aliphatic rings. The summed E-state index contributed by atoms with van der Waals surface area (Å²) in [5.74, 6) is 1.47. The summed E-state index contributed by atoms with van der Waals surface area (Å²) in [6.07, 6.45) is -1.70. The van der Waals surface area contributed by atoms with Crippen LogP contribution in [0.25, 0.3) is 17.5 Å². The van der Waals surface area contributed by atoms with Crippen molar-refractivity contribution < 1.29 is 27.2 Å². The quantitative estimate of drug-likeness (QED) is 0.503. The van der Waals surface area contributed by atoms with Crippen molar-refractivity contribution in [1.82, 2.24) is 19.9 Å². The summed E-state index contributed by atoms with van der Waals surface area (Å²) in [5, 5.41) is 4.03. The normalized spacial score (nSPS) is 15.1. The number of carbonyl (C=O) groups excluding carboxylic acids is 1. The Morgan fingerprint density at radius 1 is 1.12 bits per heavy atom. The van der Waals surface area contributed by atoms with E-state index in [2.05, 4.69) is 15.0 Å². The fourth-order valence-corrected chi connectivity index (χ4v) is 3.59. The maximum Gasteiger partial charge on any atom is 0.416 e. The van der Waals surface area contributed by atoms with Gasteiger partial charge in [-0.3, -0.25) is 9.69 Å². The molecule has 0 radical (unpaired) electrons. The summed E-state index contributed by atoms with van der Waals surface area (Å²) < 4.78 is 49.0. The third-order valence-corrected chi connectivity index (χ3v) is 5.49. The first kappa shape index (κ1) is 23.5. The third kappa shape index (κ3) is 5.82. The van der Waals surface area contributed by atoms with E-state index in [0.29, 0.717) is 50.0 Å². The minimum Gasteiger partial charge on any atom is -0.497 e. The number of benzene rings is 2. The molecule has 4 rings (SSSR count). The highest BCUT2D eigenvalue weighted by atomic mass is 19.4. The lowest BCUT2D eigenvalue weighted by atomic mass is 10.1. The molecule has 7 nitrogen and oxygen atoms in total. The highest BCUT2D eigenvalue weighted by Gasteiger charge is 2.30. The predicted molar refractivity (Wildman–Crippen MR) is 119 cm³/mol. The number of ether oxygens (including phenoxy) is 1. The number of halogens is 3. The van der Waals surface area contributed by atoms with E-state index in [1.165, 1.54) is 24.3 Å². The number of hydrogen-bond donors (Lipinski definition) is 0. The van der Waals surface area contributed by atoms with E-state index in [1.807, 2.05) is 24.3 Å².